The molecule has 0 unspecified atom stereocenters. The quantitative estimate of drug-likeness (QED) is 0.458. The molecule has 0 bridgehead atoms. The molecule has 0 atom stereocenters. The molecule has 0 radical (unpaired) electrons. The molecular weight excluding hydrogens is 444 g/mol. The molecule has 34 heavy (non-hydrogen) atoms. The van der Waals surface area contributed by atoms with E-state index in [1.54, 1.807) is 13.8 Å². The van der Waals surface area contributed by atoms with Gasteiger partial charge in [0.2, 0.25) is 5.88 Å². The van der Waals surface area contributed by atoms with E-state index in [9.17, 15) is 24.0 Å². The normalized spacial score (nSPS) is 12.7. The third kappa shape index (κ3) is 4.57. The van der Waals surface area contributed by atoms with Crippen molar-refractivity contribution < 1.29 is 37.9 Å². The molecule has 0 saturated heterocycles. The number of rotatable bonds is 8. The number of nitrogens with one attached hydrogen (secondary N) is 1. The average molecular weight is 470 g/mol. The van der Waals surface area contributed by atoms with Crippen LogP contribution in [0.1, 0.15) is 85.2 Å². The lowest BCUT2D eigenvalue weighted by atomic mass is 10.1. The van der Waals surface area contributed by atoms with Crippen molar-refractivity contribution in [1.82, 2.24) is 4.90 Å². The van der Waals surface area contributed by atoms with E-state index in [1.807, 2.05) is 13.8 Å². The molecule has 0 spiro atoms. The summed E-state index contributed by atoms with van der Waals surface area (Å²) in [5.74, 6) is -3.39. The molecule has 10 heteroatoms. The molecule has 10 nitrogen and oxygen atoms in total. The third-order valence-electron chi connectivity index (χ3n) is 5.05. The highest BCUT2D eigenvalue weighted by atomic mass is 16.5. The molecule has 3 rings (SSSR count). The van der Waals surface area contributed by atoms with Crippen molar-refractivity contribution >= 4 is 35.5 Å². The number of esters is 2. The summed E-state index contributed by atoms with van der Waals surface area (Å²) in [5.41, 5.74) is -0.0104. The van der Waals surface area contributed by atoms with Crippen molar-refractivity contribution in [3.05, 3.63) is 51.8 Å². The predicted molar refractivity (Wildman–Crippen MR) is 120 cm³/mol. The second kappa shape index (κ2) is 9.90. The van der Waals surface area contributed by atoms with Gasteiger partial charge >= 0.3 is 11.9 Å². The van der Waals surface area contributed by atoms with Gasteiger partial charge in [0.05, 0.1) is 24.3 Å². The molecule has 1 aliphatic rings. The van der Waals surface area contributed by atoms with E-state index in [2.05, 4.69) is 5.32 Å². The Kier molecular flexibility index (Phi) is 7.19. The number of ether oxygens (including phenoxy) is 2. The lowest BCUT2D eigenvalue weighted by molar-refractivity contribution is 0.0480. The largest absolute Gasteiger partial charge is 0.462 e. The van der Waals surface area contributed by atoms with E-state index >= 15 is 0 Å². The summed E-state index contributed by atoms with van der Waals surface area (Å²) >= 11 is 0. The number of benzene rings is 1. The molecule has 3 amide bonds. The van der Waals surface area contributed by atoms with Gasteiger partial charge in [-0.2, -0.15) is 0 Å². The van der Waals surface area contributed by atoms with Gasteiger partial charge in [0, 0.05) is 12.1 Å². The van der Waals surface area contributed by atoms with Gasteiger partial charge in [0.25, 0.3) is 17.7 Å². The van der Waals surface area contributed by atoms with Gasteiger partial charge in [-0.1, -0.05) is 13.8 Å². The molecule has 2 aromatic rings. The zero-order valence-electron chi connectivity index (χ0n) is 19.6. The van der Waals surface area contributed by atoms with Gasteiger partial charge in [-0.25, -0.2) is 9.59 Å². The van der Waals surface area contributed by atoms with Gasteiger partial charge in [0.1, 0.15) is 16.9 Å². The Morgan fingerprint density at radius 3 is 2.15 bits per heavy atom. The van der Waals surface area contributed by atoms with Gasteiger partial charge in [-0.15, -0.1) is 0 Å². The number of imide groups is 1. The molecule has 2 heterocycles. The maximum atomic E-state index is 13.0. The Labute approximate surface area is 196 Å². The van der Waals surface area contributed by atoms with Gasteiger partial charge in [-0.05, 0) is 44.9 Å². The highest BCUT2D eigenvalue weighted by Crippen LogP contribution is 2.30. The van der Waals surface area contributed by atoms with E-state index in [1.165, 1.54) is 25.1 Å². The first kappa shape index (κ1) is 24.7. The molecular formula is C24H26N2O8. The van der Waals surface area contributed by atoms with E-state index in [4.69, 9.17) is 13.9 Å². The minimum atomic E-state index is -0.864. The second-order valence-electron chi connectivity index (χ2n) is 8.01. The van der Waals surface area contributed by atoms with Crippen molar-refractivity contribution in [2.24, 2.45) is 5.92 Å². The number of nitrogens with zero attached hydrogens (tertiary/aromatic N) is 1. The molecule has 1 aromatic heterocycles. The highest BCUT2D eigenvalue weighted by molar-refractivity contribution is 6.22. The minimum Gasteiger partial charge on any atom is -0.462 e. The van der Waals surface area contributed by atoms with Crippen LogP contribution < -0.4 is 5.32 Å². The van der Waals surface area contributed by atoms with Crippen LogP contribution in [0, 0.1) is 12.8 Å². The number of hydrogen-bond acceptors (Lipinski definition) is 8. The minimum absolute atomic E-state index is 0.0343. The summed E-state index contributed by atoms with van der Waals surface area (Å²) in [6.45, 7) is 8.81. The summed E-state index contributed by atoms with van der Waals surface area (Å²) in [6, 6.07) is 4.12. The number of aryl methyl sites for hydroxylation is 1. The van der Waals surface area contributed by atoms with Crippen LogP contribution in [0.15, 0.2) is 22.6 Å². The number of furan rings is 1. The van der Waals surface area contributed by atoms with Crippen molar-refractivity contribution in [1.29, 1.82) is 0 Å². The summed E-state index contributed by atoms with van der Waals surface area (Å²) in [4.78, 5) is 64.3. The SMILES string of the molecule is CCOC(=O)c1c(C)oc(NC(=O)c2ccc3c(c2)C(=O)N(CC(C)C)C3=O)c1C(=O)OCC. The summed E-state index contributed by atoms with van der Waals surface area (Å²) < 4.78 is 15.5. The van der Waals surface area contributed by atoms with Crippen LogP contribution >= 0.6 is 0 Å². The van der Waals surface area contributed by atoms with Gasteiger partial charge in [0.15, 0.2) is 0 Å². The number of carbonyl (C=O) groups excluding carboxylic acids is 5. The lowest BCUT2D eigenvalue weighted by Gasteiger charge is -2.15. The Morgan fingerprint density at radius 1 is 0.971 bits per heavy atom. The van der Waals surface area contributed by atoms with Crippen LogP contribution in [0.4, 0.5) is 5.88 Å². The Balaban J connectivity index is 1.94. The summed E-state index contributed by atoms with van der Waals surface area (Å²) in [7, 11) is 0. The maximum Gasteiger partial charge on any atom is 0.344 e. The smallest absolute Gasteiger partial charge is 0.344 e. The summed E-state index contributed by atoms with van der Waals surface area (Å²) in [5, 5.41) is 2.46. The number of hydrogen-bond donors (Lipinski definition) is 1. The first-order chi connectivity index (χ1) is 16.1. The predicted octanol–water partition coefficient (Wildman–Crippen LogP) is 3.45. The molecule has 180 valence electrons. The van der Waals surface area contributed by atoms with Crippen LogP contribution in [-0.4, -0.2) is 54.3 Å². The van der Waals surface area contributed by atoms with Crippen molar-refractivity contribution in [3.63, 3.8) is 0 Å². The zero-order valence-corrected chi connectivity index (χ0v) is 19.6. The number of fused-ring (bicyclic) bond motifs is 1. The average Bonchev–Trinajstić information content (AvgIpc) is 3.22. The topological polar surface area (TPSA) is 132 Å². The second-order valence-corrected chi connectivity index (χ2v) is 8.01. The monoisotopic (exact) mass is 470 g/mol. The van der Waals surface area contributed by atoms with E-state index < -0.39 is 29.7 Å². The molecule has 1 N–H and O–H groups in total. The fourth-order valence-electron chi connectivity index (χ4n) is 3.62. The Morgan fingerprint density at radius 2 is 1.56 bits per heavy atom. The summed E-state index contributed by atoms with van der Waals surface area (Å²) in [6.07, 6.45) is 0. The highest BCUT2D eigenvalue weighted by Gasteiger charge is 2.37. The zero-order chi connectivity index (χ0) is 25.2. The van der Waals surface area contributed by atoms with Crippen molar-refractivity contribution in [2.75, 3.05) is 25.1 Å². The van der Waals surface area contributed by atoms with E-state index in [0.29, 0.717) is 0 Å². The maximum absolute atomic E-state index is 13.0. The van der Waals surface area contributed by atoms with E-state index in [-0.39, 0.29) is 65.1 Å². The first-order valence-electron chi connectivity index (χ1n) is 10.9. The Bertz CT molecular complexity index is 1180. The van der Waals surface area contributed by atoms with Crippen LogP contribution in [0.5, 0.6) is 0 Å². The number of amides is 3. The standard InChI is InChI=1S/C24H26N2O8/c1-6-32-23(30)17-13(5)34-20(18(17)24(31)33-7-2)25-19(27)14-8-9-15-16(10-14)22(29)26(21(15)28)11-12(3)4/h8-10,12H,6-7,11H2,1-5H3,(H,25,27). The fourth-order valence-corrected chi connectivity index (χ4v) is 3.62. The van der Waals surface area contributed by atoms with Crippen LogP contribution in [-0.2, 0) is 9.47 Å². The molecule has 1 aliphatic heterocycles. The number of anilines is 1. The van der Waals surface area contributed by atoms with E-state index in [0.717, 1.165) is 4.90 Å². The van der Waals surface area contributed by atoms with Crippen LogP contribution in [0.3, 0.4) is 0 Å². The third-order valence-corrected chi connectivity index (χ3v) is 5.05. The fraction of sp³-hybridized carbons (Fsp3) is 0.375. The molecule has 0 fully saturated rings. The van der Waals surface area contributed by atoms with Crippen molar-refractivity contribution in [2.45, 2.75) is 34.6 Å². The van der Waals surface area contributed by atoms with Gasteiger partial charge < -0.3 is 13.9 Å². The molecule has 0 saturated carbocycles. The molecule has 1 aromatic carbocycles. The Hall–Kier alpha value is -3.95. The number of carbonyl (C=O) groups is 5. The van der Waals surface area contributed by atoms with Crippen LogP contribution in [0.2, 0.25) is 0 Å². The lowest BCUT2D eigenvalue weighted by Crippen LogP contribution is -2.33. The molecule has 0 aliphatic carbocycles. The van der Waals surface area contributed by atoms with Crippen molar-refractivity contribution in [3.8, 4) is 0 Å². The van der Waals surface area contributed by atoms with Crippen LogP contribution in [0.25, 0.3) is 0 Å². The first-order valence-corrected chi connectivity index (χ1v) is 10.9. The van der Waals surface area contributed by atoms with Gasteiger partial charge in [-0.3, -0.25) is 24.6 Å².